The standard InChI is InChI=1S/C28H32N4O8S3/c1-17-15-18(2)20(4)27(19(17)3)43(39,40)31(14-13-21-5-9-23(10-6-21)41(29,35)36)25-16-26(33)32(28(25)34)22-7-11-24(12-8-22)42(30,37)38/h5-12,15,25H,13-14,16H2,1-4H3,(H2,29,35,36)(H2,30,37,38). The third kappa shape index (κ3) is 6.41. The van der Waals surface area contributed by atoms with Crippen molar-refractivity contribution in [3.63, 3.8) is 0 Å². The first-order valence-corrected chi connectivity index (χ1v) is 17.6. The highest BCUT2D eigenvalue weighted by Gasteiger charge is 2.47. The maximum atomic E-state index is 14.4. The van der Waals surface area contributed by atoms with Gasteiger partial charge in [0.2, 0.25) is 36.0 Å². The molecular weight excluding hydrogens is 617 g/mol. The molecule has 0 bridgehead atoms. The fraction of sp³-hybridized carbons (Fsp3) is 0.286. The van der Waals surface area contributed by atoms with E-state index in [1.54, 1.807) is 27.7 Å². The Labute approximate surface area is 251 Å². The second kappa shape index (κ2) is 11.6. The van der Waals surface area contributed by atoms with Crippen LogP contribution in [0.25, 0.3) is 0 Å². The van der Waals surface area contributed by atoms with Crippen LogP contribution >= 0.6 is 0 Å². The lowest BCUT2D eigenvalue weighted by Crippen LogP contribution is -2.46. The van der Waals surface area contributed by atoms with Crippen molar-refractivity contribution in [2.24, 2.45) is 10.3 Å². The molecule has 1 heterocycles. The largest absolute Gasteiger partial charge is 0.274 e. The number of nitrogens with two attached hydrogens (primary N) is 2. The van der Waals surface area contributed by atoms with E-state index in [1.165, 1.54) is 36.4 Å². The predicted molar refractivity (Wildman–Crippen MR) is 160 cm³/mol. The minimum Gasteiger partial charge on any atom is -0.274 e. The van der Waals surface area contributed by atoms with E-state index in [-0.39, 0.29) is 33.3 Å². The third-order valence-corrected chi connectivity index (χ3v) is 11.7. The van der Waals surface area contributed by atoms with Crippen LogP contribution in [0.4, 0.5) is 5.69 Å². The van der Waals surface area contributed by atoms with Gasteiger partial charge in [0.15, 0.2) is 0 Å². The Bertz CT molecular complexity index is 1910. The highest BCUT2D eigenvalue weighted by molar-refractivity contribution is 7.89. The zero-order valence-electron chi connectivity index (χ0n) is 23.9. The van der Waals surface area contributed by atoms with Crippen molar-refractivity contribution in [3.8, 4) is 0 Å². The van der Waals surface area contributed by atoms with Crippen molar-refractivity contribution in [2.75, 3.05) is 11.4 Å². The topological polar surface area (TPSA) is 195 Å². The van der Waals surface area contributed by atoms with E-state index >= 15 is 0 Å². The molecule has 1 saturated heterocycles. The molecule has 0 radical (unpaired) electrons. The Kier molecular flexibility index (Phi) is 8.72. The minimum absolute atomic E-state index is 0.0470. The van der Waals surface area contributed by atoms with Gasteiger partial charge in [-0.3, -0.25) is 9.59 Å². The van der Waals surface area contributed by atoms with E-state index in [4.69, 9.17) is 10.3 Å². The van der Waals surface area contributed by atoms with Crippen LogP contribution in [0.15, 0.2) is 69.3 Å². The summed E-state index contributed by atoms with van der Waals surface area (Å²) in [7, 11) is -12.3. The summed E-state index contributed by atoms with van der Waals surface area (Å²) in [4.78, 5) is 27.5. The molecule has 3 aromatic carbocycles. The number of aryl methyl sites for hydroxylation is 2. The van der Waals surface area contributed by atoms with Gasteiger partial charge in [0.25, 0.3) is 5.91 Å². The summed E-state index contributed by atoms with van der Waals surface area (Å²) in [5.41, 5.74) is 3.15. The molecule has 4 N–H and O–H groups in total. The fourth-order valence-corrected chi connectivity index (χ4v) is 8.30. The number of sulfonamides is 3. The summed E-state index contributed by atoms with van der Waals surface area (Å²) in [6, 6.07) is 10.9. The van der Waals surface area contributed by atoms with Gasteiger partial charge in [-0.1, -0.05) is 18.2 Å². The minimum atomic E-state index is -4.36. The zero-order valence-corrected chi connectivity index (χ0v) is 26.4. The Balaban J connectivity index is 1.77. The fourth-order valence-electron chi connectivity index (χ4n) is 5.11. The number of amides is 2. The Hall–Kier alpha value is -3.47. The lowest BCUT2D eigenvalue weighted by Gasteiger charge is -2.29. The van der Waals surface area contributed by atoms with Gasteiger partial charge in [-0.15, -0.1) is 0 Å². The molecule has 1 aliphatic rings. The van der Waals surface area contributed by atoms with Crippen molar-refractivity contribution in [1.29, 1.82) is 0 Å². The van der Waals surface area contributed by atoms with Gasteiger partial charge < -0.3 is 0 Å². The number of primary sulfonamides is 2. The van der Waals surface area contributed by atoms with Crippen LogP contribution in [-0.4, -0.2) is 54.0 Å². The molecule has 1 unspecified atom stereocenters. The molecule has 0 spiro atoms. The van der Waals surface area contributed by atoms with Gasteiger partial charge in [0.1, 0.15) is 6.04 Å². The van der Waals surface area contributed by atoms with E-state index < -0.39 is 54.3 Å². The molecular formula is C28H32N4O8S3. The van der Waals surface area contributed by atoms with Crippen LogP contribution in [0.3, 0.4) is 0 Å². The number of hydrogen-bond donors (Lipinski definition) is 2. The Morgan fingerprint density at radius 1 is 0.767 bits per heavy atom. The quantitative estimate of drug-likeness (QED) is 0.328. The van der Waals surface area contributed by atoms with Crippen LogP contribution < -0.4 is 15.2 Å². The molecule has 43 heavy (non-hydrogen) atoms. The molecule has 0 saturated carbocycles. The summed E-state index contributed by atoms with van der Waals surface area (Å²) < 4.78 is 76.4. The number of anilines is 1. The molecule has 1 atom stereocenters. The van der Waals surface area contributed by atoms with E-state index in [0.29, 0.717) is 16.7 Å². The van der Waals surface area contributed by atoms with Gasteiger partial charge in [-0.2, -0.15) is 4.31 Å². The number of rotatable bonds is 9. The predicted octanol–water partition coefficient (Wildman–Crippen LogP) is 1.78. The summed E-state index contributed by atoms with van der Waals surface area (Å²) in [6.07, 6.45) is -0.351. The second-order valence-corrected chi connectivity index (χ2v) is 15.4. The average molecular weight is 649 g/mol. The van der Waals surface area contributed by atoms with Crippen LogP contribution in [0, 0.1) is 27.7 Å². The third-order valence-electron chi connectivity index (χ3n) is 7.63. The first-order valence-electron chi connectivity index (χ1n) is 13.0. The number of carbonyl (C=O) groups is 2. The lowest BCUT2D eigenvalue weighted by molar-refractivity contribution is -0.122. The number of imide groups is 1. The number of benzene rings is 3. The normalized spacial score (nSPS) is 16.3. The maximum Gasteiger partial charge on any atom is 0.252 e. The Morgan fingerprint density at radius 3 is 1.70 bits per heavy atom. The van der Waals surface area contributed by atoms with Crippen LogP contribution in [0.5, 0.6) is 0 Å². The average Bonchev–Trinajstić information content (AvgIpc) is 3.20. The van der Waals surface area contributed by atoms with Gasteiger partial charge in [-0.25, -0.2) is 40.4 Å². The molecule has 3 aromatic rings. The highest BCUT2D eigenvalue weighted by Crippen LogP contribution is 2.34. The molecule has 0 aromatic heterocycles. The van der Waals surface area contributed by atoms with Crippen LogP contribution in [0.2, 0.25) is 0 Å². The number of hydrogen-bond acceptors (Lipinski definition) is 8. The molecule has 1 aliphatic heterocycles. The Morgan fingerprint density at radius 2 is 1.23 bits per heavy atom. The van der Waals surface area contributed by atoms with Gasteiger partial charge >= 0.3 is 0 Å². The molecule has 230 valence electrons. The molecule has 12 nitrogen and oxygen atoms in total. The van der Waals surface area contributed by atoms with Gasteiger partial charge in [0, 0.05) is 6.54 Å². The summed E-state index contributed by atoms with van der Waals surface area (Å²) in [5, 5.41) is 10.3. The van der Waals surface area contributed by atoms with Crippen LogP contribution in [0.1, 0.15) is 34.2 Å². The highest BCUT2D eigenvalue weighted by atomic mass is 32.2. The molecule has 4 rings (SSSR count). The molecule has 0 aliphatic carbocycles. The lowest BCUT2D eigenvalue weighted by atomic mass is 10.0. The number of nitrogens with zero attached hydrogens (tertiary/aromatic N) is 2. The molecule has 1 fully saturated rings. The monoisotopic (exact) mass is 648 g/mol. The van der Waals surface area contributed by atoms with Gasteiger partial charge in [-0.05, 0) is 98.3 Å². The molecule has 2 amide bonds. The first kappa shape index (κ1) is 32.4. The van der Waals surface area contributed by atoms with Crippen molar-refractivity contribution in [2.45, 2.75) is 61.3 Å². The zero-order chi connectivity index (χ0) is 32.1. The SMILES string of the molecule is Cc1cc(C)c(C)c(S(=O)(=O)N(CCc2ccc(S(N)(=O)=O)cc2)C2CC(=O)N(c3ccc(S(N)(=O)=O)cc3)C2=O)c1C. The summed E-state index contributed by atoms with van der Waals surface area (Å²) in [5.74, 6) is -1.45. The van der Waals surface area contributed by atoms with E-state index in [1.807, 2.05) is 6.07 Å². The van der Waals surface area contributed by atoms with E-state index in [2.05, 4.69) is 0 Å². The molecule has 15 heteroatoms. The van der Waals surface area contributed by atoms with E-state index in [0.717, 1.165) is 32.5 Å². The van der Waals surface area contributed by atoms with Crippen molar-refractivity contribution >= 4 is 47.6 Å². The first-order chi connectivity index (χ1) is 19.8. The maximum absolute atomic E-state index is 14.4. The van der Waals surface area contributed by atoms with Crippen LogP contribution in [-0.2, 0) is 46.1 Å². The van der Waals surface area contributed by atoms with Gasteiger partial charge in [0.05, 0.1) is 26.8 Å². The van der Waals surface area contributed by atoms with Crippen molar-refractivity contribution < 1.29 is 34.8 Å². The van der Waals surface area contributed by atoms with Crippen molar-refractivity contribution in [1.82, 2.24) is 4.31 Å². The second-order valence-electron chi connectivity index (χ2n) is 10.5. The van der Waals surface area contributed by atoms with E-state index in [9.17, 15) is 34.8 Å². The smallest absolute Gasteiger partial charge is 0.252 e. The summed E-state index contributed by atoms with van der Waals surface area (Å²) in [6.45, 7) is 6.73. The van der Waals surface area contributed by atoms with Crippen molar-refractivity contribution in [3.05, 3.63) is 82.4 Å². The summed E-state index contributed by atoms with van der Waals surface area (Å²) >= 11 is 0. The number of carbonyl (C=O) groups excluding carboxylic acids is 2.